The summed E-state index contributed by atoms with van der Waals surface area (Å²) in [6.45, 7) is 0. The lowest BCUT2D eigenvalue weighted by atomic mass is 9.86. The third kappa shape index (κ3) is 4.18. The number of hydrogen-bond acceptors (Lipinski definition) is 4. The van der Waals surface area contributed by atoms with E-state index in [1.807, 2.05) is 42.5 Å². The Morgan fingerprint density at radius 3 is 1.75 bits per heavy atom. The van der Waals surface area contributed by atoms with Gasteiger partial charge in [0, 0.05) is 0 Å². The lowest BCUT2D eigenvalue weighted by molar-refractivity contribution is 0.448. The minimum atomic E-state index is -4.49. The van der Waals surface area contributed by atoms with Crippen molar-refractivity contribution in [2.24, 2.45) is 0 Å². The molecule has 1 aliphatic carbocycles. The number of rotatable bonds is 5. The van der Waals surface area contributed by atoms with Crippen LogP contribution in [0.25, 0.3) is 16.7 Å². The van der Waals surface area contributed by atoms with Crippen LogP contribution in [-0.2, 0) is 25.0 Å². The van der Waals surface area contributed by atoms with Crippen LogP contribution in [0.2, 0.25) is 0 Å². The minimum absolute atomic E-state index is 0.00238. The average Bonchev–Trinajstić information content (AvgIpc) is 2.79. The van der Waals surface area contributed by atoms with Crippen LogP contribution in [0.5, 0.6) is 0 Å². The van der Waals surface area contributed by atoms with Gasteiger partial charge in [-0.15, -0.1) is 0 Å². The van der Waals surface area contributed by atoms with E-state index in [1.54, 1.807) is 24.3 Å². The van der Waals surface area contributed by atoms with Crippen LogP contribution in [0, 0.1) is 0 Å². The van der Waals surface area contributed by atoms with Gasteiger partial charge in [0.2, 0.25) is 0 Å². The third-order valence-corrected chi connectivity index (χ3v) is 7.91. The van der Waals surface area contributed by atoms with Crippen LogP contribution in [0.4, 0.5) is 0 Å². The summed E-state index contributed by atoms with van der Waals surface area (Å²) < 4.78 is 64.9. The fraction of sp³-hybridized carbons (Fsp3) is 0.0833. The van der Waals surface area contributed by atoms with Gasteiger partial charge < -0.3 is 0 Å². The molecule has 2 N–H and O–H groups in total. The van der Waals surface area contributed by atoms with Crippen LogP contribution in [-0.4, -0.2) is 25.9 Å². The van der Waals surface area contributed by atoms with E-state index >= 15 is 0 Å². The maximum Gasteiger partial charge on any atom is 0.294 e. The molecule has 1 atom stereocenters. The molecule has 164 valence electrons. The molecule has 0 amide bonds. The van der Waals surface area contributed by atoms with E-state index in [-0.39, 0.29) is 11.3 Å². The number of allylic oxidation sites excluding steroid dienone is 3. The highest BCUT2D eigenvalue weighted by Crippen LogP contribution is 2.41. The van der Waals surface area contributed by atoms with Crippen molar-refractivity contribution in [1.82, 2.24) is 0 Å². The van der Waals surface area contributed by atoms with Gasteiger partial charge in [-0.1, -0.05) is 85.0 Å². The Labute approximate surface area is 187 Å². The van der Waals surface area contributed by atoms with E-state index in [9.17, 15) is 21.4 Å². The molecular weight excluding hydrogens is 448 g/mol. The van der Waals surface area contributed by atoms with Crippen molar-refractivity contribution in [2.45, 2.75) is 16.1 Å². The van der Waals surface area contributed by atoms with Gasteiger partial charge in [-0.2, -0.15) is 16.8 Å². The van der Waals surface area contributed by atoms with E-state index in [2.05, 4.69) is 0 Å². The van der Waals surface area contributed by atoms with Crippen molar-refractivity contribution in [3.63, 3.8) is 0 Å². The van der Waals surface area contributed by atoms with Crippen LogP contribution < -0.4 is 0 Å². The van der Waals surface area contributed by atoms with Gasteiger partial charge in [0.15, 0.2) is 0 Å². The summed E-state index contributed by atoms with van der Waals surface area (Å²) in [7, 11) is -8.79. The van der Waals surface area contributed by atoms with E-state index in [0.717, 1.165) is 11.1 Å². The molecule has 3 aromatic rings. The minimum Gasteiger partial charge on any atom is -0.285 e. The fourth-order valence-electron chi connectivity index (χ4n) is 3.79. The zero-order valence-corrected chi connectivity index (χ0v) is 18.4. The molecule has 0 spiro atoms. The van der Waals surface area contributed by atoms with Crippen molar-refractivity contribution in [2.75, 3.05) is 0 Å². The molecule has 0 bridgehead atoms. The first-order valence-electron chi connectivity index (χ1n) is 9.70. The third-order valence-electron chi connectivity index (χ3n) is 5.58. The molecule has 0 aromatic heterocycles. The normalized spacial score (nSPS) is 18.9. The Hall–Kier alpha value is -3.04. The molecule has 0 saturated heterocycles. The van der Waals surface area contributed by atoms with Gasteiger partial charge in [0.05, 0.1) is 4.90 Å². The smallest absolute Gasteiger partial charge is 0.285 e. The SMILES string of the molecule is O=S(=O)(O)c1ccc(C2=CCC(c3ccc(-c4ccccc4)cc3)(S(=O)(=O)O)C=C2)cc1. The van der Waals surface area contributed by atoms with Crippen LogP contribution >= 0.6 is 0 Å². The quantitative estimate of drug-likeness (QED) is 0.524. The van der Waals surface area contributed by atoms with Crippen molar-refractivity contribution >= 4 is 25.8 Å². The van der Waals surface area contributed by atoms with E-state index < -0.39 is 25.0 Å². The lowest BCUT2D eigenvalue weighted by Crippen LogP contribution is -2.34. The second-order valence-corrected chi connectivity index (χ2v) is 10.6. The Balaban J connectivity index is 1.66. The number of benzene rings is 3. The molecule has 3 aromatic carbocycles. The molecule has 1 aliphatic rings. The molecule has 0 fully saturated rings. The monoisotopic (exact) mass is 468 g/mol. The standard InChI is InChI=1S/C24H20O6S2/c25-31(26,27)23-12-8-20(9-13-23)21-14-16-24(17-15-21,32(28,29)30)22-10-6-19(7-11-22)18-4-2-1-3-5-18/h1-16H,17H2,(H,25,26,27)(H,28,29,30). The topological polar surface area (TPSA) is 109 Å². The van der Waals surface area contributed by atoms with Crippen molar-refractivity contribution in [1.29, 1.82) is 0 Å². The molecule has 6 nitrogen and oxygen atoms in total. The summed E-state index contributed by atoms with van der Waals surface area (Å²) >= 11 is 0. The van der Waals surface area contributed by atoms with Gasteiger partial charge in [0.1, 0.15) is 4.75 Å². The first-order valence-corrected chi connectivity index (χ1v) is 12.6. The molecule has 8 heteroatoms. The van der Waals surface area contributed by atoms with Crippen molar-refractivity contribution < 1.29 is 25.9 Å². The number of hydrogen-bond donors (Lipinski definition) is 2. The Kier molecular flexibility index (Phi) is 5.64. The maximum absolute atomic E-state index is 12.4. The van der Waals surface area contributed by atoms with Crippen molar-refractivity contribution in [3.05, 3.63) is 108 Å². The van der Waals surface area contributed by atoms with Gasteiger partial charge in [-0.05, 0) is 46.4 Å². The maximum atomic E-state index is 12.4. The summed E-state index contributed by atoms with van der Waals surface area (Å²) in [5.74, 6) is 0. The highest BCUT2D eigenvalue weighted by molar-refractivity contribution is 7.87. The van der Waals surface area contributed by atoms with Gasteiger partial charge in [-0.3, -0.25) is 9.11 Å². The molecular formula is C24H20O6S2. The van der Waals surface area contributed by atoms with E-state index in [4.69, 9.17) is 4.55 Å². The summed E-state index contributed by atoms with van der Waals surface area (Å²) in [4.78, 5) is -0.229. The first-order chi connectivity index (χ1) is 15.1. The summed E-state index contributed by atoms with van der Waals surface area (Å²) in [6, 6.07) is 22.3. The van der Waals surface area contributed by atoms with E-state index in [0.29, 0.717) is 16.7 Å². The first kappa shape index (κ1) is 22.2. The summed E-state index contributed by atoms with van der Waals surface area (Å²) in [6.07, 6.45) is 4.72. The molecule has 0 radical (unpaired) electrons. The molecule has 0 heterocycles. The molecule has 4 rings (SSSR count). The zero-order chi connectivity index (χ0) is 23.0. The largest absolute Gasteiger partial charge is 0.294 e. The van der Waals surface area contributed by atoms with Crippen LogP contribution in [0.15, 0.2) is 102 Å². The highest BCUT2D eigenvalue weighted by atomic mass is 32.2. The summed E-state index contributed by atoms with van der Waals surface area (Å²) in [5.41, 5.74) is 3.68. The molecule has 32 heavy (non-hydrogen) atoms. The zero-order valence-electron chi connectivity index (χ0n) is 16.8. The van der Waals surface area contributed by atoms with Crippen LogP contribution in [0.3, 0.4) is 0 Å². The predicted octanol–water partition coefficient (Wildman–Crippen LogP) is 4.73. The van der Waals surface area contributed by atoms with Crippen molar-refractivity contribution in [3.8, 4) is 11.1 Å². The Morgan fingerprint density at radius 2 is 1.25 bits per heavy atom. The Morgan fingerprint density at radius 1 is 0.688 bits per heavy atom. The molecule has 0 saturated carbocycles. The molecule has 0 aliphatic heterocycles. The average molecular weight is 469 g/mol. The Bertz CT molecular complexity index is 1400. The highest BCUT2D eigenvalue weighted by Gasteiger charge is 2.43. The lowest BCUT2D eigenvalue weighted by Gasteiger charge is -2.30. The summed E-state index contributed by atoms with van der Waals surface area (Å²) in [5, 5.41) is 0. The van der Waals surface area contributed by atoms with Crippen LogP contribution in [0.1, 0.15) is 17.5 Å². The second kappa shape index (κ2) is 8.14. The fourth-order valence-corrected chi connectivity index (χ4v) is 5.23. The molecule has 1 unspecified atom stereocenters. The van der Waals surface area contributed by atoms with Gasteiger partial charge >= 0.3 is 0 Å². The second-order valence-electron chi connectivity index (χ2n) is 7.50. The van der Waals surface area contributed by atoms with Gasteiger partial charge in [-0.25, -0.2) is 0 Å². The van der Waals surface area contributed by atoms with Gasteiger partial charge in [0.25, 0.3) is 20.2 Å². The van der Waals surface area contributed by atoms with E-state index in [1.165, 1.54) is 30.3 Å². The predicted molar refractivity (Wildman–Crippen MR) is 123 cm³/mol.